The maximum atomic E-state index is 12.2. The zero-order valence-corrected chi connectivity index (χ0v) is 13.2. The highest BCUT2D eigenvalue weighted by molar-refractivity contribution is 5.88. The third-order valence-electron chi connectivity index (χ3n) is 4.43. The van der Waals surface area contributed by atoms with Gasteiger partial charge in [0.05, 0.1) is 0 Å². The average molecular weight is 283 g/mol. The van der Waals surface area contributed by atoms with Gasteiger partial charge in [0.15, 0.2) is 0 Å². The summed E-state index contributed by atoms with van der Waals surface area (Å²) in [4.78, 5) is 26.1. The molecule has 0 saturated heterocycles. The number of nitrogens with two attached hydrogens (primary N) is 1. The lowest BCUT2D eigenvalue weighted by molar-refractivity contribution is -0.137. The van der Waals surface area contributed by atoms with Crippen molar-refractivity contribution in [2.24, 2.45) is 17.6 Å². The molecule has 0 spiro atoms. The fourth-order valence-electron chi connectivity index (χ4n) is 2.80. The highest BCUT2D eigenvalue weighted by Gasteiger charge is 2.31. The first-order valence-corrected chi connectivity index (χ1v) is 7.75. The summed E-state index contributed by atoms with van der Waals surface area (Å²) in [6, 6.07) is -0.369. The Bertz CT molecular complexity index is 342. The molecule has 5 nitrogen and oxygen atoms in total. The molecule has 2 amide bonds. The number of nitrogens with one attached hydrogen (secondary N) is 1. The molecule has 5 heteroatoms. The van der Waals surface area contributed by atoms with Gasteiger partial charge in [0.2, 0.25) is 11.8 Å². The Hall–Kier alpha value is -1.10. The standard InChI is InChI=1S/C15H29N3O2/c1-5-18(6-2)15(20)11(4)17-14(19)12-8-7-10(3)13(16)9-12/h10-13H,5-9,16H2,1-4H3,(H,17,19). The maximum absolute atomic E-state index is 12.2. The first-order valence-electron chi connectivity index (χ1n) is 7.75. The van der Waals surface area contributed by atoms with Gasteiger partial charge in [-0.3, -0.25) is 9.59 Å². The summed E-state index contributed by atoms with van der Waals surface area (Å²) < 4.78 is 0. The van der Waals surface area contributed by atoms with Gasteiger partial charge in [0.1, 0.15) is 6.04 Å². The Labute approximate surface area is 122 Å². The minimum absolute atomic E-state index is 0.0168. The fourth-order valence-corrected chi connectivity index (χ4v) is 2.80. The van der Waals surface area contributed by atoms with Crippen molar-refractivity contribution in [3.8, 4) is 0 Å². The second-order valence-corrected chi connectivity index (χ2v) is 5.89. The summed E-state index contributed by atoms with van der Waals surface area (Å²) in [6.07, 6.45) is 2.57. The first-order chi connectivity index (χ1) is 9.40. The predicted molar refractivity (Wildman–Crippen MR) is 80.0 cm³/mol. The van der Waals surface area contributed by atoms with Crippen LogP contribution in [0.5, 0.6) is 0 Å². The molecule has 1 fully saturated rings. The molecule has 20 heavy (non-hydrogen) atoms. The molecular formula is C15H29N3O2. The molecule has 1 aliphatic carbocycles. The van der Waals surface area contributed by atoms with Gasteiger partial charge in [0.25, 0.3) is 0 Å². The molecule has 0 aliphatic heterocycles. The van der Waals surface area contributed by atoms with Gasteiger partial charge < -0.3 is 16.0 Å². The van der Waals surface area contributed by atoms with Crippen LogP contribution in [-0.4, -0.2) is 41.9 Å². The van der Waals surface area contributed by atoms with Crippen LogP contribution in [0.2, 0.25) is 0 Å². The molecule has 0 aromatic carbocycles. The second kappa shape index (κ2) is 7.62. The minimum Gasteiger partial charge on any atom is -0.344 e. The lowest BCUT2D eigenvalue weighted by Crippen LogP contribution is -2.50. The van der Waals surface area contributed by atoms with Gasteiger partial charge in [-0.25, -0.2) is 0 Å². The average Bonchev–Trinajstić information content (AvgIpc) is 2.42. The molecule has 1 aliphatic rings. The van der Waals surface area contributed by atoms with Crippen LogP contribution in [0.4, 0.5) is 0 Å². The van der Waals surface area contributed by atoms with Crippen LogP contribution in [0.1, 0.15) is 47.0 Å². The van der Waals surface area contributed by atoms with E-state index >= 15 is 0 Å². The van der Waals surface area contributed by atoms with E-state index < -0.39 is 6.04 Å². The molecule has 4 atom stereocenters. The van der Waals surface area contributed by atoms with Crippen LogP contribution in [0, 0.1) is 11.8 Å². The van der Waals surface area contributed by atoms with Crippen molar-refractivity contribution in [1.29, 1.82) is 0 Å². The first kappa shape index (κ1) is 17.0. The molecule has 0 heterocycles. The van der Waals surface area contributed by atoms with E-state index in [-0.39, 0.29) is 23.8 Å². The van der Waals surface area contributed by atoms with Gasteiger partial charge in [0, 0.05) is 25.0 Å². The second-order valence-electron chi connectivity index (χ2n) is 5.89. The van der Waals surface area contributed by atoms with Crippen molar-refractivity contribution >= 4 is 11.8 Å². The summed E-state index contributed by atoms with van der Waals surface area (Å²) in [5.41, 5.74) is 6.03. The van der Waals surface area contributed by atoms with Crippen molar-refractivity contribution in [3.63, 3.8) is 0 Å². The van der Waals surface area contributed by atoms with Crippen molar-refractivity contribution < 1.29 is 9.59 Å². The van der Waals surface area contributed by atoms with Crippen molar-refractivity contribution in [1.82, 2.24) is 10.2 Å². The molecular weight excluding hydrogens is 254 g/mol. The van der Waals surface area contributed by atoms with E-state index in [0.29, 0.717) is 19.0 Å². The van der Waals surface area contributed by atoms with Gasteiger partial charge in [-0.2, -0.15) is 0 Å². The predicted octanol–water partition coefficient (Wildman–Crippen LogP) is 1.12. The Morgan fingerprint density at radius 1 is 1.30 bits per heavy atom. The molecule has 116 valence electrons. The topological polar surface area (TPSA) is 75.4 Å². The molecule has 3 N–H and O–H groups in total. The number of rotatable bonds is 5. The molecule has 0 bridgehead atoms. The van der Waals surface area contributed by atoms with Crippen LogP contribution >= 0.6 is 0 Å². The number of likely N-dealkylation sites (N-methyl/N-ethyl adjacent to an activating group) is 1. The number of amides is 2. The Morgan fingerprint density at radius 2 is 1.90 bits per heavy atom. The zero-order chi connectivity index (χ0) is 15.3. The van der Waals surface area contributed by atoms with Gasteiger partial charge in [-0.15, -0.1) is 0 Å². The number of nitrogens with zero attached hydrogens (tertiary/aromatic N) is 1. The van der Waals surface area contributed by atoms with E-state index in [4.69, 9.17) is 5.73 Å². The fraction of sp³-hybridized carbons (Fsp3) is 0.867. The third-order valence-corrected chi connectivity index (χ3v) is 4.43. The Balaban J connectivity index is 2.51. The van der Waals surface area contributed by atoms with Gasteiger partial charge >= 0.3 is 0 Å². The number of hydrogen-bond donors (Lipinski definition) is 2. The Kier molecular flexibility index (Phi) is 6.46. The minimum atomic E-state index is -0.460. The highest BCUT2D eigenvalue weighted by Crippen LogP contribution is 2.27. The SMILES string of the molecule is CCN(CC)C(=O)C(C)NC(=O)C1CCC(C)C(N)C1. The van der Waals surface area contributed by atoms with E-state index in [2.05, 4.69) is 12.2 Å². The van der Waals surface area contributed by atoms with Crippen LogP contribution in [0.3, 0.4) is 0 Å². The summed E-state index contributed by atoms with van der Waals surface area (Å²) in [7, 11) is 0. The van der Waals surface area contributed by atoms with Crippen LogP contribution in [0.25, 0.3) is 0 Å². The van der Waals surface area contributed by atoms with E-state index in [0.717, 1.165) is 19.3 Å². The van der Waals surface area contributed by atoms with E-state index in [1.165, 1.54) is 0 Å². The van der Waals surface area contributed by atoms with Crippen molar-refractivity contribution in [3.05, 3.63) is 0 Å². The van der Waals surface area contributed by atoms with Crippen LogP contribution in [-0.2, 0) is 9.59 Å². The molecule has 0 aromatic rings. The van der Waals surface area contributed by atoms with Crippen molar-refractivity contribution in [2.75, 3.05) is 13.1 Å². The van der Waals surface area contributed by atoms with Gasteiger partial charge in [-0.05, 0) is 46.0 Å². The quantitative estimate of drug-likeness (QED) is 0.794. The number of carbonyl (C=O) groups is 2. The summed E-state index contributed by atoms with van der Waals surface area (Å²) in [6.45, 7) is 9.10. The Morgan fingerprint density at radius 3 is 2.40 bits per heavy atom. The molecule has 1 rings (SSSR count). The van der Waals surface area contributed by atoms with Crippen molar-refractivity contribution in [2.45, 2.75) is 59.0 Å². The number of hydrogen-bond acceptors (Lipinski definition) is 3. The number of carbonyl (C=O) groups excluding carboxylic acids is 2. The molecule has 4 unspecified atom stereocenters. The van der Waals surface area contributed by atoms with Crippen LogP contribution in [0.15, 0.2) is 0 Å². The normalized spacial score (nSPS) is 27.8. The lowest BCUT2D eigenvalue weighted by atomic mass is 9.79. The summed E-state index contributed by atoms with van der Waals surface area (Å²) in [5.74, 6) is 0.388. The molecule has 0 radical (unpaired) electrons. The third kappa shape index (κ3) is 4.20. The highest BCUT2D eigenvalue weighted by atomic mass is 16.2. The maximum Gasteiger partial charge on any atom is 0.244 e. The van der Waals surface area contributed by atoms with E-state index in [1.54, 1.807) is 11.8 Å². The lowest BCUT2D eigenvalue weighted by Gasteiger charge is -2.32. The zero-order valence-electron chi connectivity index (χ0n) is 13.2. The van der Waals surface area contributed by atoms with E-state index in [9.17, 15) is 9.59 Å². The van der Waals surface area contributed by atoms with Crippen LogP contribution < -0.4 is 11.1 Å². The smallest absolute Gasteiger partial charge is 0.244 e. The van der Waals surface area contributed by atoms with E-state index in [1.807, 2.05) is 13.8 Å². The van der Waals surface area contributed by atoms with Gasteiger partial charge in [-0.1, -0.05) is 6.92 Å². The summed E-state index contributed by atoms with van der Waals surface area (Å²) >= 11 is 0. The molecule has 0 aromatic heterocycles. The largest absolute Gasteiger partial charge is 0.344 e. The monoisotopic (exact) mass is 283 g/mol. The summed E-state index contributed by atoms with van der Waals surface area (Å²) in [5, 5.41) is 2.85. The molecule has 1 saturated carbocycles.